The summed E-state index contributed by atoms with van der Waals surface area (Å²) in [6, 6.07) is 9.85. The lowest BCUT2D eigenvalue weighted by Crippen LogP contribution is -2.41. The van der Waals surface area contributed by atoms with Crippen molar-refractivity contribution in [2.75, 3.05) is 17.9 Å². The van der Waals surface area contributed by atoms with E-state index in [2.05, 4.69) is 21.1 Å². The van der Waals surface area contributed by atoms with Crippen LogP contribution in [0.1, 0.15) is 25.3 Å². The second kappa shape index (κ2) is 11.3. The van der Waals surface area contributed by atoms with E-state index in [1.54, 1.807) is 0 Å². The molecule has 0 aliphatic heterocycles. The van der Waals surface area contributed by atoms with Crippen LogP contribution >= 0.6 is 34.5 Å². The number of nitrogens with one attached hydrogen (secondary N) is 2. The van der Waals surface area contributed by atoms with Crippen LogP contribution in [0.25, 0.3) is 5.57 Å². The molecule has 1 aliphatic carbocycles. The van der Waals surface area contributed by atoms with E-state index in [1.807, 2.05) is 31.2 Å². The normalized spacial score (nSPS) is 18.2. The second-order valence-electron chi connectivity index (χ2n) is 8.02. The van der Waals surface area contributed by atoms with E-state index in [-0.39, 0.29) is 35.2 Å². The maximum absolute atomic E-state index is 14.9. The molecule has 1 aliphatic rings. The lowest BCUT2D eigenvalue weighted by Gasteiger charge is -2.33. The van der Waals surface area contributed by atoms with Crippen LogP contribution in [0.5, 0.6) is 5.75 Å². The maximum Gasteiger partial charge on any atom is 0.266 e. The molecular formula is C24H24Cl2FN3O3S2. The van der Waals surface area contributed by atoms with Crippen molar-refractivity contribution in [1.82, 2.24) is 10.3 Å². The Morgan fingerprint density at radius 2 is 2.00 bits per heavy atom. The fourth-order valence-corrected chi connectivity index (χ4v) is 6.19. The zero-order valence-corrected chi connectivity index (χ0v) is 21.9. The van der Waals surface area contributed by atoms with Gasteiger partial charge in [-0.15, -0.1) is 11.3 Å². The highest BCUT2D eigenvalue weighted by Gasteiger charge is 2.30. The van der Waals surface area contributed by atoms with Crippen LogP contribution in [0.3, 0.4) is 0 Å². The number of ether oxygens (including phenoxy) is 1. The minimum absolute atomic E-state index is 0.00196. The van der Waals surface area contributed by atoms with Crippen molar-refractivity contribution in [3.63, 3.8) is 0 Å². The molecule has 1 unspecified atom stereocenters. The highest BCUT2D eigenvalue weighted by molar-refractivity contribution is 7.92. The summed E-state index contributed by atoms with van der Waals surface area (Å²) in [6.45, 7) is 3.07. The number of anilines is 1. The quantitative estimate of drug-likeness (QED) is 0.326. The third-order valence-electron chi connectivity index (χ3n) is 5.74. The zero-order chi connectivity index (χ0) is 25.0. The van der Waals surface area contributed by atoms with E-state index in [1.165, 1.54) is 22.2 Å². The molecule has 2 atom stereocenters. The molecule has 0 saturated heterocycles. The summed E-state index contributed by atoms with van der Waals surface area (Å²) in [4.78, 5) is 3.29. The predicted octanol–water partition coefficient (Wildman–Crippen LogP) is 6.24. The SMILES string of the molecule is CCN[C@@H]1CCC=C(c2ccc(Cl)cc2)C1COc1cc(F)c(S(=O)(=O)Nc2cscn2)cc1Cl. The molecule has 0 saturated carbocycles. The van der Waals surface area contributed by atoms with Crippen LogP contribution in [0.15, 0.2) is 58.3 Å². The first kappa shape index (κ1) is 25.9. The summed E-state index contributed by atoms with van der Waals surface area (Å²) < 4.78 is 48.3. The van der Waals surface area contributed by atoms with Crippen LogP contribution in [0.4, 0.5) is 10.2 Å². The summed E-state index contributed by atoms with van der Waals surface area (Å²) in [5.41, 5.74) is 3.62. The lowest BCUT2D eigenvalue weighted by molar-refractivity contribution is 0.236. The van der Waals surface area contributed by atoms with Gasteiger partial charge in [-0.05, 0) is 48.7 Å². The highest BCUT2D eigenvalue weighted by Crippen LogP contribution is 2.36. The van der Waals surface area contributed by atoms with Crippen LogP contribution in [-0.4, -0.2) is 32.6 Å². The molecule has 0 amide bonds. The summed E-state index contributed by atoms with van der Waals surface area (Å²) >= 11 is 13.6. The lowest BCUT2D eigenvalue weighted by atomic mass is 9.80. The minimum Gasteiger partial charge on any atom is -0.491 e. The third kappa shape index (κ3) is 6.16. The van der Waals surface area contributed by atoms with Gasteiger partial charge in [0, 0.05) is 28.4 Å². The van der Waals surface area contributed by atoms with E-state index in [0.29, 0.717) is 5.02 Å². The number of benzene rings is 2. The third-order valence-corrected chi connectivity index (χ3v) is 8.24. The van der Waals surface area contributed by atoms with Gasteiger partial charge < -0.3 is 10.1 Å². The van der Waals surface area contributed by atoms with Gasteiger partial charge in [-0.1, -0.05) is 48.3 Å². The topological polar surface area (TPSA) is 80.3 Å². The average molecular weight is 557 g/mol. The van der Waals surface area contributed by atoms with Gasteiger partial charge in [0.2, 0.25) is 0 Å². The number of rotatable bonds is 9. The van der Waals surface area contributed by atoms with Crippen LogP contribution in [-0.2, 0) is 10.0 Å². The Labute approximate surface area is 218 Å². The monoisotopic (exact) mass is 555 g/mol. The van der Waals surface area contributed by atoms with Gasteiger partial charge in [0.15, 0.2) is 5.82 Å². The number of hydrogen-bond acceptors (Lipinski definition) is 6. The first-order chi connectivity index (χ1) is 16.8. The highest BCUT2D eigenvalue weighted by atomic mass is 35.5. The Kier molecular flexibility index (Phi) is 8.34. The first-order valence-corrected chi connectivity index (χ1v) is 14.2. The van der Waals surface area contributed by atoms with Crippen LogP contribution in [0.2, 0.25) is 10.0 Å². The van der Waals surface area contributed by atoms with Crippen LogP contribution in [0, 0.1) is 11.7 Å². The van der Waals surface area contributed by atoms with E-state index in [0.717, 1.165) is 42.7 Å². The molecule has 0 radical (unpaired) electrons. The van der Waals surface area contributed by atoms with Crippen molar-refractivity contribution in [3.05, 3.63) is 74.8 Å². The molecule has 3 aromatic rings. The Hall–Kier alpha value is -2.17. The molecule has 2 aromatic carbocycles. The fourth-order valence-electron chi connectivity index (χ4n) is 4.14. The number of nitrogens with zero attached hydrogens (tertiary/aromatic N) is 1. The standard InChI is InChI=1S/C24H24Cl2FN3O3S2/c1-2-28-21-5-3-4-17(15-6-8-16(25)9-7-15)18(21)12-33-22-11-20(27)23(10-19(22)26)35(31,32)30-24-13-34-14-29-24/h4,6-11,13-14,18,21,28,30H,2-3,5,12H2,1H3/t18?,21-/m1/s1. The molecule has 35 heavy (non-hydrogen) atoms. The summed E-state index contributed by atoms with van der Waals surface area (Å²) in [5, 5.41) is 5.67. The molecule has 0 fully saturated rings. The summed E-state index contributed by atoms with van der Waals surface area (Å²) in [6.07, 6.45) is 4.04. The Morgan fingerprint density at radius 1 is 1.23 bits per heavy atom. The molecule has 2 N–H and O–H groups in total. The molecule has 1 aromatic heterocycles. The van der Waals surface area contributed by atoms with Crippen molar-refractivity contribution in [2.45, 2.75) is 30.7 Å². The molecule has 11 heteroatoms. The van der Waals surface area contributed by atoms with E-state index < -0.39 is 20.7 Å². The largest absolute Gasteiger partial charge is 0.491 e. The molecule has 4 rings (SSSR count). The smallest absolute Gasteiger partial charge is 0.266 e. The van der Waals surface area contributed by atoms with Gasteiger partial charge in [-0.3, -0.25) is 4.72 Å². The Morgan fingerprint density at radius 3 is 2.69 bits per heavy atom. The molecule has 0 bridgehead atoms. The Balaban J connectivity index is 1.56. The van der Waals surface area contributed by atoms with Gasteiger partial charge in [0.1, 0.15) is 16.5 Å². The van der Waals surface area contributed by atoms with Crippen LogP contribution < -0.4 is 14.8 Å². The second-order valence-corrected chi connectivity index (χ2v) is 11.2. The molecule has 1 heterocycles. The predicted molar refractivity (Wildman–Crippen MR) is 139 cm³/mol. The molecule has 186 valence electrons. The zero-order valence-electron chi connectivity index (χ0n) is 18.8. The molecular weight excluding hydrogens is 532 g/mol. The number of sulfonamides is 1. The summed E-state index contributed by atoms with van der Waals surface area (Å²) in [7, 11) is -4.20. The van der Waals surface area contributed by atoms with Gasteiger partial charge in [-0.2, -0.15) is 0 Å². The Bertz CT molecular complexity index is 1300. The minimum atomic E-state index is -4.20. The summed E-state index contributed by atoms with van der Waals surface area (Å²) in [5.74, 6) is -0.807. The average Bonchev–Trinajstić information content (AvgIpc) is 3.33. The fraction of sp³-hybridized carbons (Fsp3) is 0.292. The number of hydrogen-bond donors (Lipinski definition) is 2. The molecule has 0 spiro atoms. The van der Waals surface area contributed by atoms with E-state index in [4.69, 9.17) is 27.9 Å². The van der Waals surface area contributed by atoms with Gasteiger partial charge in [0.05, 0.1) is 17.1 Å². The van der Waals surface area contributed by atoms with E-state index in [9.17, 15) is 12.8 Å². The van der Waals surface area contributed by atoms with E-state index >= 15 is 0 Å². The van der Waals surface area contributed by atoms with Crippen molar-refractivity contribution in [3.8, 4) is 5.75 Å². The van der Waals surface area contributed by atoms with Crippen molar-refractivity contribution in [1.29, 1.82) is 0 Å². The first-order valence-electron chi connectivity index (χ1n) is 11.0. The van der Waals surface area contributed by atoms with Gasteiger partial charge in [-0.25, -0.2) is 17.8 Å². The number of aromatic nitrogens is 1. The van der Waals surface area contributed by atoms with Crippen molar-refractivity contribution < 1.29 is 17.5 Å². The van der Waals surface area contributed by atoms with Crippen molar-refractivity contribution >= 4 is 56.0 Å². The number of halogens is 3. The number of thiazole rings is 1. The number of allylic oxidation sites excluding steroid dienone is 1. The molecule has 6 nitrogen and oxygen atoms in total. The van der Waals surface area contributed by atoms with Crippen molar-refractivity contribution in [2.24, 2.45) is 5.92 Å². The maximum atomic E-state index is 14.9. The van der Waals surface area contributed by atoms with Gasteiger partial charge >= 0.3 is 0 Å². The van der Waals surface area contributed by atoms with Gasteiger partial charge in [0.25, 0.3) is 10.0 Å².